The van der Waals surface area contributed by atoms with E-state index in [4.69, 9.17) is 5.73 Å². The molecule has 3 N–H and O–H groups in total. The van der Waals surface area contributed by atoms with Gasteiger partial charge in [-0.15, -0.1) is 0 Å². The zero-order valence-corrected chi connectivity index (χ0v) is 13.5. The van der Waals surface area contributed by atoms with E-state index in [0.29, 0.717) is 24.0 Å². The van der Waals surface area contributed by atoms with Crippen LogP contribution in [0.3, 0.4) is 0 Å². The van der Waals surface area contributed by atoms with Crippen LogP contribution >= 0.6 is 0 Å². The number of nitro groups is 1. The van der Waals surface area contributed by atoms with Crippen LogP contribution in [-0.4, -0.2) is 25.4 Å². The number of sulfonamides is 1. The van der Waals surface area contributed by atoms with Gasteiger partial charge in [-0.2, -0.15) is 0 Å². The Morgan fingerprint density at radius 1 is 1.23 bits per heavy atom. The van der Waals surface area contributed by atoms with Crippen molar-refractivity contribution in [2.24, 2.45) is 5.73 Å². The molecular weight excluding hydrogens is 306 g/mol. The summed E-state index contributed by atoms with van der Waals surface area (Å²) in [5.74, 6) is 0. The fourth-order valence-corrected chi connectivity index (χ4v) is 4.35. The molecular formula is C14H21N3O4S. The highest BCUT2D eigenvalue weighted by Gasteiger charge is 2.27. The van der Waals surface area contributed by atoms with Gasteiger partial charge in [0, 0.05) is 24.2 Å². The quantitative estimate of drug-likeness (QED) is 0.646. The van der Waals surface area contributed by atoms with E-state index in [1.54, 1.807) is 13.8 Å². The average Bonchev–Trinajstić information content (AvgIpc) is 2.43. The van der Waals surface area contributed by atoms with Crippen LogP contribution in [0.5, 0.6) is 0 Å². The molecule has 7 nitrogen and oxygen atoms in total. The lowest BCUT2D eigenvalue weighted by Gasteiger charge is -2.26. The summed E-state index contributed by atoms with van der Waals surface area (Å²) in [4.78, 5) is 10.3. The molecule has 1 fully saturated rings. The standard InChI is InChI=1S/C14H21N3O4S/c1-9-7-13(17(18)19)8-14(10(9)2)22(20,21)16-12-5-3-11(15)4-6-12/h7-8,11-12,16H,3-6,15H2,1-2H3. The van der Waals surface area contributed by atoms with E-state index < -0.39 is 14.9 Å². The number of aryl methyl sites for hydroxylation is 1. The highest BCUT2D eigenvalue weighted by molar-refractivity contribution is 7.89. The Morgan fingerprint density at radius 2 is 1.82 bits per heavy atom. The average molecular weight is 327 g/mol. The minimum atomic E-state index is -3.78. The van der Waals surface area contributed by atoms with Crippen LogP contribution in [0.2, 0.25) is 0 Å². The molecule has 2 rings (SSSR count). The van der Waals surface area contributed by atoms with Crippen molar-refractivity contribution in [3.63, 3.8) is 0 Å². The van der Waals surface area contributed by atoms with Gasteiger partial charge in [-0.3, -0.25) is 10.1 Å². The number of nitrogens with zero attached hydrogens (tertiary/aromatic N) is 1. The van der Waals surface area contributed by atoms with Crippen molar-refractivity contribution in [1.29, 1.82) is 0 Å². The smallest absolute Gasteiger partial charge is 0.271 e. The molecule has 0 heterocycles. The molecule has 0 aliphatic heterocycles. The van der Waals surface area contributed by atoms with Gasteiger partial charge in [-0.1, -0.05) is 0 Å². The molecule has 0 amide bonds. The van der Waals surface area contributed by atoms with E-state index in [9.17, 15) is 18.5 Å². The van der Waals surface area contributed by atoms with E-state index in [0.717, 1.165) is 18.9 Å². The number of rotatable bonds is 4. The van der Waals surface area contributed by atoms with Gasteiger partial charge in [0.15, 0.2) is 0 Å². The number of hydrogen-bond acceptors (Lipinski definition) is 5. The second-order valence-corrected chi connectivity index (χ2v) is 7.56. The largest absolute Gasteiger partial charge is 0.328 e. The molecule has 8 heteroatoms. The molecule has 0 saturated heterocycles. The first kappa shape index (κ1) is 16.9. The number of nitro benzene ring substituents is 1. The van der Waals surface area contributed by atoms with Gasteiger partial charge in [-0.25, -0.2) is 13.1 Å². The van der Waals surface area contributed by atoms with Crippen molar-refractivity contribution in [1.82, 2.24) is 4.72 Å². The summed E-state index contributed by atoms with van der Waals surface area (Å²) < 4.78 is 27.8. The number of nitrogens with one attached hydrogen (secondary N) is 1. The maximum atomic E-state index is 12.6. The highest BCUT2D eigenvalue weighted by atomic mass is 32.2. The van der Waals surface area contributed by atoms with Crippen LogP contribution in [0.4, 0.5) is 5.69 Å². The van der Waals surface area contributed by atoms with Crippen LogP contribution in [0.1, 0.15) is 36.8 Å². The van der Waals surface area contributed by atoms with Crippen molar-refractivity contribution in [2.75, 3.05) is 0 Å². The van der Waals surface area contributed by atoms with Crippen molar-refractivity contribution >= 4 is 15.7 Å². The van der Waals surface area contributed by atoms with E-state index in [2.05, 4.69) is 4.72 Å². The van der Waals surface area contributed by atoms with Crippen LogP contribution in [0.25, 0.3) is 0 Å². The number of non-ortho nitro benzene ring substituents is 1. The van der Waals surface area contributed by atoms with Gasteiger partial charge in [0.2, 0.25) is 10.0 Å². The molecule has 1 saturated carbocycles. The molecule has 122 valence electrons. The summed E-state index contributed by atoms with van der Waals surface area (Å²) in [5.41, 5.74) is 6.72. The van der Waals surface area contributed by atoms with E-state index in [-0.39, 0.29) is 22.7 Å². The topological polar surface area (TPSA) is 115 Å². The third kappa shape index (κ3) is 3.63. The van der Waals surface area contributed by atoms with Gasteiger partial charge >= 0.3 is 0 Å². The predicted molar refractivity (Wildman–Crippen MR) is 83.1 cm³/mol. The van der Waals surface area contributed by atoms with Crippen molar-refractivity contribution in [2.45, 2.75) is 56.5 Å². The summed E-state index contributed by atoms with van der Waals surface area (Å²) in [6.07, 6.45) is 2.93. The Labute approximate surface area is 130 Å². The second-order valence-electron chi connectivity index (χ2n) is 5.88. The SMILES string of the molecule is Cc1cc([N+](=O)[O-])cc(S(=O)(=O)NC2CCC(N)CC2)c1C. The maximum Gasteiger partial charge on any atom is 0.271 e. The van der Waals surface area contributed by atoms with Crippen molar-refractivity contribution < 1.29 is 13.3 Å². The van der Waals surface area contributed by atoms with Gasteiger partial charge < -0.3 is 5.73 Å². The summed E-state index contributed by atoms with van der Waals surface area (Å²) >= 11 is 0. The maximum absolute atomic E-state index is 12.6. The minimum absolute atomic E-state index is 0.0194. The molecule has 0 atom stereocenters. The Kier molecular flexibility index (Phi) is 4.84. The number of hydrogen-bond donors (Lipinski definition) is 2. The number of nitrogens with two attached hydrogens (primary N) is 1. The molecule has 1 aliphatic carbocycles. The molecule has 1 aromatic carbocycles. The molecule has 0 radical (unpaired) electrons. The van der Waals surface area contributed by atoms with Crippen molar-refractivity contribution in [3.8, 4) is 0 Å². The monoisotopic (exact) mass is 327 g/mol. The van der Waals surface area contributed by atoms with Crippen molar-refractivity contribution in [3.05, 3.63) is 33.4 Å². The van der Waals surface area contributed by atoms with Gasteiger partial charge in [0.1, 0.15) is 0 Å². The molecule has 0 spiro atoms. The summed E-state index contributed by atoms with van der Waals surface area (Å²) in [7, 11) is -3.78. The molecule has 0 aromatic heterocycles. The first-order chi connectivity index (χ1) is 10.2. The molecule has 22 heavy (non-hydrogen) atoms. The summed E-state index contributed by atoms with van der Waals surface area (Å²) in [5, 5.41) is 10.9. The van der Waals surface area contributed by atoms with Gasteiger partial charge in [0.25, 0.3) is 5.69 Å². The zero-order chi connectivity index (χ0) is 16.5. The first-order valence-electron chi connectivity index (χ1n) is 7.24. The Bertz CT molecular complexity index is 680. The minimum Gasteiger partial charge on any atom is -0.328 e. The Hall–Kier alpha value is -1.51. The van der Waals surface area contributed by atoms with Crippen LogP contribution in [0, 0.1) is 24.0 Å². The third-order valence-electron chi connectivity index (χ3n) is 4.20. The third-order valence-corrected chi connectivity index (χ3v) is 5.85. The molecule has 1 aromatic rings. The molecule has 0 unspecified atom stereocenters. The highest BCUT2D eigenvalue weighted by Crippen LogP contribution is 2.26. The molecule has 0 bridgehead atoms. The van der Waals surface area contributed by atoms with E-state index >= 15 is 0 Å². The lowest BCUT2D eigenvalue weighted by atomic mass is 9.93. The lowest BCUT2D eigenvalue weighted by Crippen LogP contribution is -2.40. The fraction of sp³-hybridized carbons (Fsp3) is 0.571. The number of benzene rings is 1. The van der Waals surface area contributed by atoms with Crippen LogP contribution in [0.15, 0.2) is 17.0 Å². The van der Waals surface area contributed by atoms with Gasteiger partial charge in [-0.05, 0) is 50.7 Å². The second kappa shape index (κ2) is 6.31. The molecule has 1 aliphatic rings. The summed E-state index contributed by atoms with van der Waals surface area (Å²) in [6.45, 7) is 3.32. The first-order valence-corrected chi connectivity index (χ1v) is 8.72. The Balaban J connectivity index is 2.31. The zero-order valence-electron chi connectivity index (χ0n) is 12.7. The van der Waals surface area contributed by atoms with Crippen LogP contribution < -0.4 is 10.5 Å². The Morgan fingerprint density at radius 3 is 2.36 bits per heavy atom. The fourth-order valence-electron chi connectivity index (χ4n) is 2.71. The van der Waals surface area contributed by atoms with Gasteiger partial charge in [0.05, 0.1) is 9.82 Å². The van der Waals surface area contributed by atoms with Crippen LogP contribution in [-0.2, 0) is 10.0 Å². The predicted octanol–water partition coefficient (Wildman–Crippen LogP) is 1.76. The van der Waals surface area contributed by atoms with E-state index in [1.807, 2.05) is 0 Å². The lowest BCUT2D eigenvalue weighted by molar-refractivity contribution is -0.385. The van der Waals surface area contributed by atoms with E-state index in [1.165, 1.54) is 6.07 Å². The normalized spacial score (nSPS) is 22.5. The summed E-state index contributed by atoms with van der Waals surface area (Å²) in [6, 6.07) is 2.47.